The zero-order chi connectivity index (χ0) is 20.7. The number of aryl methyl sites for hydroxylation is 1. The van der Waals surface area contributed by atoms with Crippen LogP contribution in [-0.4, -0.2) is 40.4 Å². The summed E-state index contributed by atoms with van der Waals surface area (Å²) in [5.74, 6) is 3.86. The molecule has 0 amide bonds. The number of oxazole rings is 1. The third-order valence-electron chi connectivity index (χ3n) is 6.52. The summed E-state index contributed by atoms with van der Waals surface area (Å²) in [4.78, 5) is 18.3. The van der Waals surface area contributed by atoms with E-state index in [2.05, 4.69) is 29.0 Å². The molecule has 6 heteroatoms. The van der Waals surface area contributed by atoms with E-state index >= 15 is 0 Å². The van der Waals surface area contributed by atoms with Crippen molar-refractivity contribution < 1.29 is 13.9 Å². The number of ether oxygens (including phenoxy) is 1. The van der Waals surface area contributed by atoms with Crippen molar-refractivity contribution in [3.63, 3.8) is 0 Å². The van der Waals surface area contributed by atoms with Gasteiger partial charge < -0.3 is 13.9 Å². The SMILES string of the molecule is Cc1oc(-c2ccccc2)nc1COC1=CC2CC2(C)C(CN2CCSC2C=O)=C1. The second-order valence-corrected chi connectivity index (χ2v) is 9.74. The Morgan fingerprint density at radius 3 is 3.00 bits per heavy atom. The third-order valence-corrected chi connectivity index (χ3v) is 7.69. The molecule has 156 valence electrons. The van der Waals surface area contributed by atoms with Gasteiger partial charge in [-0.15, -0.1) is 11.8 Å². The van der Waals surface area contributed by atoms with Gasteiger partial charge in [0, 0.05) is 24.4 Å². The van der Waals surface area contributed by atoms with Gasteiger partial charge in [0.05, 0.1) is 0 Å². The van der Waals surface area contributed by atoms with E-state index in [4.69, 9.17) is 9.15 Å². The van der Waals surface area contributed by atoms with Crippen LogP contribution in [0.5, 0.6) is 0 Å². The topological polar surface area (TPSA) is 55.6 Å². The number of allylic oxidation sites excluding steroid dienone is 2. The van der Waals surface area contributed by atoms with Crippen LogP contribution in [0.25, 0.3) is 11.5 Å². The van der Waals surface area contributed by atoms with Crippen molar-refractivity contribution in [2.75, 3.05) is 18.8 Å². The van der Waals surface area contributed by atoms with Crippen LogP contribution in [0.4, 0.5) is 0 Å². The molecule has 5 nitrogen and oxygen atoms in total. The lowest BCUT2D eigenvalue weighted by Crippen LogP contribution is -2.33. The maximum absolute atomic E-state index is 11.4. The average Bonchev–Trinajstić information content (AvgIpc) is 3.08. The van der Waals surface area contributed by atoms with Crippen LogP contribution in [-0.2, 0) is 16.1 Å². The van der Waals surface area contributed by atoms with E-state index in [9.17, 15) is 4.79 Å². The summed E-state index contributed by atoms with van der Waals surface area (Å²) in [7, 11) is 0. The fourth-order valence-corrected chi connectivity index (χ4v) is 5.41. The van der Waals surface area contributed by atoms with E-state index in [1.165, 1.54) is 5.57 Å². The molecule has 2 heterocycles. The Balaban J connectivity index is 1.29. The highest BCUT2D eigenvalue weighted by atomic mass is 32.2. The minimum Gasteiger partial charge on any atom is -0.487 e. The highest BCUT2D eigenvalue weighted by Crippen LogP contribution is 2.61. The van der Waals surface area contributed by atoms with Crippen molar-refractivity contribution in [2.24, 2.45) is 11.3 Å². The second kappa shape index (κ2) is 7.75. The quantitative estimate of drug-likeness (QED) is 0.609. The van der Waals surface area contributed by atoms with Gasteiger partial charge in [0.25, 0.3) is 0 Å². The van der Waals surface area contributed by atoms with Gasteiger partial charge in [0.15, 0.2) is 0 Å². The molecule has 30 heavy (non-hydrogen) atoms. The third kappa shape index (κ3) is 3.63. The monoisotopic (exact) mass is 422 g/mol. The molecule has 0 N–H and O–H groups in total. The zero-order valence-electron chi connectivity index (χ0n) is 17.3. The summed E-state index contributed by atoms with van der Waals surface area (Å²) in [6.07, 6.45) is 6.65. The number of nitrogens with zero attached hydrogens (tertiary/aromatic N) is 2. The van der Waals surface area contributed by atoms with Crippen molar-refractivity contribution in [1.82, 2.24) is 9.88 Å². The van der Waals surface area contributed by atoms with Gasteiger partial charge in [0.2, 0.25) is 5.89 Å². The first kappa shape index (κ1) is 19.6. The molecule has 0 spiro atoms. The van der Waals surface area contributed by atoms with Crippen LogP contribution in [0, 0.1) is 18.3 Å². The maximum atomic E-state index is 11.4. The van der Waals surface area contributed by atoms with Crippen LogP contribution in [0.2, 0.25) is 0 Å². The van der Waals surface area contributed by atoms with E-state index in [1.807, 2.05) is 37.3 Å². The first-order valence-electron chi connectivity index (χ1n) is 10.4. The number of aromatic nitrogens is 1. The summed E-state index contributed by atoms with van der Waals surface area (Å²) in [5.41, 5.74) is 3.39. The Morgan fingerprint density at radius 2 is 2.20 bits per heavy atom. The van der Waals surface area contributed by atoms with E-state index in [0.29, 0.717) is 18.4 Å². The van der Waals surface area contributed by atoms with E-state index in [1.54, 1.807) is 11.8 Å². The first-order chi connectivity index (χ1) is 14.6. The van der Waals surface area contributed by atoms with Crippen molar-refractivity contribution in [3.8, 4) is 11.5 Å². The molecule has 1 saturated carbocycles. The molecular weight excluding hydrogens is 396 g/mol. The van der Waals surface area contributed by atoms with Gasteiger partial charge in [-0.25, -0.2) is 4.98 Å². The van der Waals surface area contributed by atoms with Gasteiger partial charge >= 0.3 is 0 Å². The lowest BCUT2D eigenvalue weighted by molar-refractivity contribution is -0.109. The molecule has 1 saturated heterocycles. The number of thioether (sulfide) groups is 1. The van der Waals surface area contributed by atoms with E-state index < -0.39 is 0 Å². The average molecular weight is 423 g/mol. The summed E-state index contributed by atoms with van der Waals surface area (Å²) >= 11 is 1.73. The lowest BCUT2D eigenvalue weighted by Gasteiger charge is -2.27. The highest BCUT2D eigenvalue weighted by Gasteiger charge is 2.53. The van der Waals surface area contributed by atoms with Gasteiger partial charge in [-0.3, -0.25) is 4.90 Å². The first-order valence-corrected chi connectivity index (χ1v) is 11.5. The number of fused-ring (bicyclic) bond motifs is 1. The second-order valence-electron chi connectivity index (χ2n) is 8.51. The lowest BCUT2D eigenvalue weighted by atomic mass is 9.90. The minimum absolute atomic E-state index is 0.0174. The van der Waals surface area contributed by atoms with Crippen LogP contribution < -0.4 is 0 Å². The summed E-state index contributed by atoms with van der Waals surface area (Å²) in [6, 6.07) is 9.92. The summed E-state index contributed by atoms with van der Waals surface area (Å²) in [6.45, 7) is 6.44. The predicted octanol–water partition coefficient (Wildman–Crippen LogP) is 4.59. The van der Waals surface area contributed by atoms with Gasteiger partial charge in [0.1, 0.15) is 35.5 Å². The van der Waals surface area contributed by atoms with Crippen LogP contribution in [0.3, 0.4) is 0 Å². The van der Waals surface area contributed by atoms with Gasteiger partial charge in [-0.2, -0.15) is 0 Å². The highest BCUT2D eigenvalue weighted by molar-refractivity contribution is 8.00. The Morgan fingerprint density at radius 1 is 1.37 bits per heavy atom. The normalized spacial score (nSPS) is 27.9. The standard InChI is InChI=1S/C24H26N2O3S/c1-16-21(25-23(29-16)17-6-4-3-5-7-17)15-28-20-10-18-12-24(18,2)19(11-20)13-26-8-9-30-22(26)14-27/h3-7,10-11,14,18,22H,8-9,12-13,15H2,1-2H3. The molecule has 1 aromatic heterocycles. The Bertz CT molecular complexity index is 1010. The molecule has 2 fully saturated rings. The van der Waals surface area contributed by atoms with Crippen LogP contribution in [0.15, 0.2) is 58.2 Å². The van der Waals surface area contributed by atoms with E-state index in [0.717, 1.165) is 54.3 Å². The van der Waals surface area contributed by atoms with Crippen molar-refractivity contribution in [3.05, 3.63) is 65.3 Å². The van der Waals surface area contributed by atoms with Gasteiger partial charge in [-0.05, 0) is 54.5 Å². The predicted molar refractivity (Wildman–Crippen MR) is 118 cm³/mol. The number of hydrogen-bond acceptors (Lipinski definition) is 6. The number of carbonyl (C=O) groups is 1. The number of rotatable bonds is 7. The van der Waals surface area contributed by atoms with Crippen molar-refractivity contribution >= 4 is 18.0 Å². The zero-order valence-corrected chi connectivity index (χ0v) is 18.2. The molecular formula is C24H26N2O3S. The van der Waals surface area contributed by atoms with Crippen LogP contribution in [0.1, 0.15) is 24.8 Å². The number of aldehydes is 1. The number of benzene rings is 1. The molecule has 3 unspecified atom stereocenters. The Hall–Kier alpha value is -2.31. The molecule has 2 aliphatic carbocycles. The fraction of sp³-hybridized carbons (Fsp3) is 0.417. The van der Waals surface area contributed by atoms with Gasteiger partial charge in [-0.1, -0.05) is 25.1 Å². The van der Waals surface area contributed by atoms with Crippen LogP contribution >= 0.6 is 11.8 Å². The summed E-state index contributed by atoms with van der Waals surface area (Å²) in [5, 5.41) is -0.0174. The minimum atomic E-state index is -0.0174. The Kier molecular flexibility index (Phi) is 5.07. The molecule has 1 aliphatic heterocycles. The fourth-order valence-electron chi connectivity index (χ4n) is 4.36. The van der Waals surface area contributed by atoms with Crippen molar-refractivity contribution in [2.45, 2.75) is 32.2 Å². The summed E-state index contributed by atoms with van der Waals surface area (Å²) < 4.78 is 12.0. The maximum Gasteiger partial charge on any atom is 0.226 e. The molecule has 3 atom stereocenters. The van der Waals surface area contributed by atoms with E-state index in [-0.39, 0.29) is 10.8 Å². The largest absolute Gasteiger partial charge is 0.487 e. The molecule has 0 radical (unpaired) electrons. The molecule has 3 aliphatic rings. The molecule has 2 aromatic rings. The smallest absolute Gasteiger partial charge is 0.226 e. The molecule has 1 aromatic carbocycles. The number of hydrogen-bond donors (Lipinski definition) is 0. The van der Waals surface area contributed by atoms with Crippen molar-refractivity contribution in [1.29, 1.82) is 0 Å². The number of carbonyl (C=O) groups excluding carboxylic acids is 1. The Labute approximate surface area is 181 Å². The molecule has 5 rings (SSSR count). The molecule has 0 bridgehead atoms.